The van der Waals surface area contributed by atoms with Crippen molar-refractivity contribution in [3.8, 4) is 0 Å². The third-order valence-electron chi connectivity index (χ3n) is 4.07. The number of carboxylic acids is 1. The molecule has 2 aromatic carbocycles. The Labute approximate surface area is 187 Å². The summed E-state index contributed by atoms with van der Waals surface area (Å²) in [6, 6.07) is 8.51. The summed E-state index contributed by atoms with van der Waals surface area (Å²) in [5.41, 5.74) is 2.02. The summed E-state index contributed by atoms with van der Waals surface area (Å²) >= 11 is 11.0. The Balaban J connectivity index is 2.21. The van der Waals surface area contributed by atoms with E-state index < -0.39 is 45.6 Å². The van der Waals surface area contributed by atoms with Crippen molar-refractivity contribution in [2.45, 2.75) is 21.9 Å². The van der Waals surface area contributed by atoms with Crippen LogP contribution in [0.5, 0.6) is 0 Å². The van der Waals surface area contributed by atoms with Gasteiger partial charge in [0.1, 0.15) is 6.10 Å². The number of aliphatic hydroxyl groups is 1. The molecule has 0 bridgehead atoms. The molecule has 0 fully saturated rings. The molecule has 0 aliphatic carbocycles. The molecule has 1 amide bonds. The van der Waals surface area contributed by atoms with Crippen molar-refractivity contribution in [1.82, 2.24) is 5.32 Å². The smallest absolute Gasteiger partial charge is 0.335 e. The Morgan fingerprint density at radius 2 is 1.65 bits per heavy atom. The lowest BCUT2D eigenvalue weighted by molar-refractivity contribution is -0.121. The zero-order valence-corrected chi connectivity index (χ0v) is 17.9. The monoisotopic (exact) mass is 491 g/mol. The topological polar surface area (TPSA) is 165 Å². The van der Waals surface area contributed by atoms with E-state index >= 15 is 0 Å². The van der Waals surface area contributed by atoms with Gasteiger partial charge in [-0.1, -0.05) is 35.3 Å². The minimum Gasteiger partial charge on any atom is -0.761 e. The van der Waals surface area contributed by atoms with E-state index in [1.165, 1.54) is 24.3 Å². The number of aliphatic hydroxyl groups excluding tert-OH is 1. The Kier molecular flexibility index (Phi) is 8.62. The lowest BCUT2D eigenvalue weighted by Gasteiger charge is -2.25. The lowest BCUT2D eigenvalue weighted by atomic mass is 10.0. The highest BCUT2D eigenvalue weighted by Crippen LogP contribution is 2.22. The number of halogens is 2. The van der Waals surface area contributed by atoms with Gasteiger partial charge in [0.05, 0.1) is 23.1 Å². The molecular weight excluding hydrogens is 475 g/mol. The lowest BCUT2D eigenvalue weighted by Crippen LogP contribution is -2.45. The number of carbonyl (C=O) groups excluding carboxylic acids is 1. The molecule has 168 valence electrons. The second-order valence-electron chi connectivity index (χ2n) is 6.15. The van der Waals surface area contributed by atoms with Crippen LogP contribution >= 0.6 is 23.2 Å². The normalized spacial score (nSPS) is 13.5. The molecule has 13 heteroatoms. The summed E-state index contributed by atoms with van der Waals surface area (Å²) in [5, 5.41) is 32.4. The number of rotatable bonds is 10. The van der Waals surface area contributed by atoms with Crippen LogP contribution in [0, 0.1) is 5.21 Å². The van der Waals surface area contributed by atoms with Crippen molar-refractivity contribution in [1.29, 1.82) is 0 Å². The first kappa shape index (κ1) is 24.9. The summed E-state index contributed by atoms with van der Waals surface area (Å²) in [6.45, 7) is -0.696. The minimum absolute atomic E-state index is 0.120. The summed E-state index contributed by atoms with van der Waals surface area (Å²) in [6.07, 6.45) is -1.44. The molecule has 0 aliphatic heterocycles. The van der Waals surface area contributed by atoms with Gasteiger partial charge in [-0.3, -0.25) is 8.98 Å². The van der Waals surface area contributed by atoms with Crippen LogP contribution in [0.3, 0.4) is 0 Å². The van der Waals surface area contributed by atoms with Gasteiger partial charge < -0.3 is 26.2 Å². The fraction of sp³-hybridized carbons (Fsp3) is 0.222. The molecule has 4 N–H and O–H groups in total. The van der Waals surface area contributed by atoms with Crippen molar-refractivity contribution in [2.75, 3.05) is 12.1 Å². The van der Waals surface area contributed by atoms with Gasteiger partial charge in [-0.05, 0) is 42.0 Å². The molecule has 0 aliphatic rings. The number of amides is 1. The molecule has 0 heterocycles. The number of alkyl halides is 2. The number of benzene rings is 2. The zero-order chi connectivity index (χ0) is 23.2. The maximum atomic E-state index is 12.4. The molecule has 0 spiro atoms. The summed E-state index contributed by atoms with van der Waals surface area (Å²) in [7, 11) is -4.35. The largest absolute Gasteiger partial charge is 0.761 e. The summed E-state index contributed by atoms with van der Waals surface area (Å²) in [4.78, 5) is 21.0. The highest BCUT2D eigenvalue weighted by molar-refractivity contribution is 7.86. The van der Waals surface area contributed by atoms with E-state index in [1.54, 1.807) is 5.48 Å². The third-order valence-corrected chi connectivity index (χ3v) is 5.76. The highest BCUT2D eigenvalue weighted by Gasteiger charge is 2.28. The van der Waals surface area contributed by atoms with E-state index in [1.807, 2.05) is 0 Å². The van der Waals surface area contributed by atoms with Gasteiger partial charge in [-0.15, -0.1) is 0 Å². The molecule has 2 unspecified atom stereocenters. The molecule has 0 radical (unpaired) electrons. The SMILES string of the molecule is O=C(O)c1ccc(S(=O)(=O)OCC(NC(=O)C(Cl)Cl)C(O)c2ccc(N[O-])cc2)cc1. The fourth-order valence-electron chi connectivity index (χ4n) is 2.43. The maximum Gasteiger partial charge on any atom is 0.335 e. The molecule has 0 aromatic heterocycles. The van der Waals surface area contributed by atoms with Crippen molar-refractivity contribution in [2.24, 2.45) is 0 Å². The number of aromatic carboxylic acids is 1. The molecule has 31 heavy (non-hydrogen) atoms. The molecular formula is C18H17Cl2N2O8S-. The standard InChI is InChI=1S/C18H17Cl2N2O8S/c19-16(20)17(24)21-14(15(23)10-1-5-12(22-27)6-2-10)9-30-31(28,29)13-7-3-11(4-8-13)18(25)26/h1-8,14-16,22-23H,9H2,(H,21,24)(H,25,26)/q-1. The molecule has 2 aromatic rings. The predicted octanol–water partition coefficient (Wildman–Crippen LogP) is 2.02. The summed E-state index contributed by atoms with van der Waals surface area (Å²) < 4.78 is 29.8. The molecule has 0 saturated heterocycles. The number of carboxylic acid groups (broad SMARTS) is 1. The van der Waals surface area contributed by atoms with E-state index in [0.29, 0.717) is 0 Å². The average molecular weight is 492 g/mol. The molecule has 10 nitrogen and oxygen atoms in total. The number of hydrogen-bond donors (Lipinski definition) is 4. The van der Waals surface area contributed by atoms with Gasteiger partial charge in [0.2, 0.25) is 0 Å². The van der Waals surface area contributed by atoms with E-state index in [0.717, 1.165) is 24.3 Å². The van der Waals surface area contributed by atoms with Crippen LogP contribution in [-0.2, 0) is 19.1 Å². The van der Waals surface area contributed by atoms with E-state index in [2.05, 4.69) is 5.32 Å². The number of hydrogen-bond acceptors (Lipinski definition) is 8. The van der Waals surface area contributed by atoms with Crippen molar-refractivity contribution in [3.05, 3.63) is 64.9 Å². The number of nitrogens with one attached hydrogen (secondary N) is 2. The van der Waals surface area contributed by atoms with Gasteiger partial charge >= 0.3 is 5.97 Å². The van der Waals surface area contributed by atoms with Crippen LogP contribution in [0.1, 0.15) is 22.0 Å². The van der Waals surface area contributed by atoms with Crippen molar-refractivity contribution >= 4 is 50.9 Å². The van der Waals surface area contributed by atoms with Gasteiger partial charge in [0.15, 0.2) is 4.84 Å². The Morgan fingerprint density at radius 3 is 2.13 bits per heavy atom. The van der Waals surface area contributed by atoms with Crippen LogP contribution < -0.4 is 10.8 Å². The maximum absolute atomic E-state index is 12.4. The van der Waals surface area contributed by atoms with Gasteiger partial charge in [0, 0.05) is 5.69 Å². The van der Waals surface area contributed by atoms with Gasteiger partial charge in [-0.25, -0.2) is 4.79 Å². The minimum atomic E-state index is -4.35. The number of anilines is 1. The molecule has 2 rings (SSSR count). The van der Waals surface area contributed by atoms with E-state index in [9.17, 15) is 28.3 Å². The van der Waals surface area contributed by atoms with Crippen molar-refractivity contribution < 1.29 is 32.4 Å². The zero-order valence-electron chi connectivity index (χ0n) is 15.6. The summed E-state index contributed by atoms with van der Waals surface area (Å²) in [5.74, 6) is -2.12. The van der Waals surface area contributed by atoms with Crippen LogP contribution in [0.4, 0.5) is 5.69 Å². The van der Waals surface area contributed by atoms with Crippen LogP contribution in [0.2, 0.25) is 0 Å². The van der Waals surface area contributed by atoms with Crippen LogP contribution in [-0.4, -0.2) is 48.0 Å². The van der Waals surface area contributed by atoms with Gasteiger partial charge in [-0.2, -0.15) is 8.42 Å². The molecule has 2 atom stereocenters. The van der Waals surface area contributed by atoms with E-state index in [4.69, 9.17) is 32.5 Å². The number of carbonyl (C=O) groups is 2. The first-order valence-electron chi connectivity index (χ1n) is 8.52. The first-order valence-corrected chi connectivity index (χ1v) is 10.8. The second-order valence-corrected chi connectivity index (χ2v) is 8.86. The first-order chi connectivity index (χ1) is 14.5. The average Bonchev–Trinajstić information content (AvgIpc) is 2.76. The van der Waals surface area contributed by atoms with E-state index in [-0.39, 0.29) is 21.7 Å². The van der Waals surface area contributed by atoms with Crippen molar-refractivity contribution in [3.63, 3.8) is 0 Å². The quantitative estimate of drug-likeness (QED) is 0.221. The highest BCUT2D eigenvalue weighted by atomic mass is 35.5. The van der Waals surface area contributed by atoms with Crippen LogP contribution in [0.25, 0.3) is 0 Å². The Hall–Kier alpha value is -2.41. The fourth-order valence-corrected chi connectivity index (χ4v) is 3.49. The van der Waals surface area contributed by atoms with Crippen LogP contribution in [0.15, 0.2) is 53.4 Å². The second kappa shape index (κ2) is 10.8. The Bertz CT molecular complexity index is 1010. The Morgan fingerprint density at radius 1 is 1.06 bits per heavy atom. The predicted molar refractivity (Wildman–Crippen MR) is 112 cm³/mol. The molecule has 0 saturated carbocycles. The van der Waals surface area contributed by atoms with Gasteiger partial charge in [0.25, 0.3) is 16.0 Å². The third kappa shape index (κ3) is 6.79.